The number of carbonyl (C=O) groups is 2. The fraction of sp³-hybridized carbons (Fsp3) is 0.321. The maximum atomic E-state index is 13.4. The van der Waals surface area contributed by atoms with Gasteiger partial charge in [0.05, 0.1) is 28.9 Å². The number of amides is 2. The van der Waals surface area contributed by atoms with E-state index in [1.165, 1.54) is 47.8 Å². The number of hydrogen-bond donors (Lipinski definition) is 3. The number of benzene rings is 2. The minimum Gasteiger partial charge on any atom is -0.351 e. The third kappa shape index (κ3) is 8.47. The summed E-state index contributed by atoms with van der Waals surface area (Å²) < 4.78 is 53.5. The van der Waals surface area contributed by atoms with Crippen molar-refractivity contribution in [2.75, 3.05) is 60.5 Å². The van der Waals surface area contributed by atoms with Crippen molar-refractivity contribution in [1.82, 2.24) is 19.6 Å². The Kier molecular flexibility index (Phi) is 11.7. The topological polar surface area (TPSA) is 212 Å². The van der Waals surface area contributed by atoms with Crippen molar-refractivity contribution >= 4 is 61.6 Å². The minimum absolute atomic E-state index is 0. The molecular weight excluding hydrogens is 658 g/mol. The van der Waals surface area contributed by atoms with E-state index < -0.39 is 31.9 Å². The van der Waals surface area contributed by atoms with Crippen molar-refractivity contribution in [1.29, 1.82) is 5.26 Å². The van der Waals surface area contributed by atoms with Crippen LogP contribution in [-0.4, -0.2) is 89.0 Å². The van der Waals surface area contributed by atoms with Gasteiger partial charge in [-0.15, -0.1) is 12.4 Å². The number of aryl methyl sites for hydroxylation is 1. The predicted octanol–water partition coefficient (Wildman–Crippen LogP) is 0.812. The van der Waals surface area contributed by atoms with Crippen molar-refractivity contribution in [3.63, 3.8) is 0 Å². The third-order valence-electron chi connectivity index (χ3n) is 7.05. The van der Waals surface area contributed by atoms with Gasteiger partial charge >= 0.3 is 0 Å². The Bertz CT molecular complexity index is 1860. The smallest absolute Gasteiger partial charge is 0.257 e. The largest absolute Gasteiger partial charge is 0.351 e. The second-order valence-electron chi connectivity index (χ2n) is 10.2. The molecule has 3 aromatic rings. The van der Waals surface area contributed by atoms with Crippen LogP contribution in [0.5, 0.6) is 0 Å². The minimum atomic E-state index is -3.86. The number of piperazine rings is 1. The van der Waals surface area contributed by atoms with E-state index in [1.54, 1.807) is 19.1 Å². The molecule has 2 amide bonds. The summed E-state index contributed by atoms with van der Waals surface area (Å²) in [6.07, 6.45) is 1.00. The molecule has 0 aliphatic carbocycles. The zero-order valence-electron chi connectivity index (χ0n) is 25.3. The first-order valence-electron chi connectivity index (χ1n) is 13.7. The van der Waals surface area contributed by atoms with E-state index in [0.29, 0.717) is 30.3 Å². The molecule has 46 heavy (non-hydrogen) atoms. The van der Waals surface area contributed by atoms with Crippen LogP contribution >= 0.6 is 12.4 Å². The molecule has 18 heteroatoms. The molecule has 1 aliphatic rings. The zero-order valence-corrected chi connectivity index (χ0v) is 27.7. The molecule has 1 aliphatic heterocycles. The molecule has 0 radical (unpaired) electrons. The van der Waals surface area contributed by atoms with Gasteiger partial charge in [-0.25, -0.2) is 26.8 Å². The van der Waals surface area contributed by atoms with Crippen LogP contribution in [0.25, 0.3) is 0 Å². The monoisotopic (exact) mass is 691 g/mol. The number of rotatable bonds is 10. The van der Waals surface area contributed by atoms with Crippen LogP contribution in [0.4, 0.5) is 17.3 Å². The van der Waals surface area contributed by atoms with Gasteiger partial charge < -0.3 is 21.3 Å². The Labute approximate surface area is 273 Å². The number of carbonyl (C=O) groups excluding carboxylic acids is 2. The fourth-order valence-corrected chi connectivity index (χ4v) is 6.48. The molecule has 0 spiro atoms. The zero-order chi connectivity index (χ0) is 32.9. The lowest BCUT2D eigenvalue weighted by Gasteiger charge is -2.34. The van der Waals surface area contributed by atoms with Crippen molar-refractivity contribution in [2.45, 2.75) is 18.4 Å². The molecule has 0 atom stereocenters. The van der Waals surface area contributed by atoms with E-state index in [2.05, 4.69) is 20.6 Å². The molecule has 0 unspecified atom stereocenters. The summed E-state index contributed by atoms with van der Waals surface area (Å²) >= 11 is 0. The van der Waals surface area contributed by atoms with Crippen molar-refractivity contribution in [3.8, 4) is 6.07 Å². The molecule has 1 fully saturated rings. The Morgan fingerprint density at radius 3 is 2.26 bits per heavy atom. The number of halogens is 1. The van der Waals surface area contributed by atoms with Crippen molar-refractivity contribution in [3.05, 3.63) is 71.0 Å². The van der Waals surface area contributed by atoms with E-state index in [4.69, 9.17) is 5.73 Å². The molecule has 4 rings (SSSR count). The number of nitriles is 1. The highest BCUT2D eigenvalue weighted by Crippen LogP contribution is 2.26. The van der Waals surface area contributed by atoms with Crippen LogP contribution in [-0.2, 0) is 31.4 Å². The summed E-state index contributed by atoms with van der Waals surface area (Å²) in [5.41, 5.74) is 7.16. The van der Waals surface area contributed by atoms with E-state index in [0.717, 1.165) is 10.6 Å². The summed E-state index contributed by atoms with van der Waals surface area (Å²) in [5, 5.41) is 14.5. The molecule has 2 heterocycles. The molecule has 2 aromatic carbocycles. The van der Waals surface area contributed by atoms with Crippen LogP contribution in [0.3, 0.4) is 0 Å². The number of nitrogens with two attached hydrogens (primary N) is 1. The molecule has 0 saturated carbocycles. The van der Waals surface area contributed by atoms with Gasteiger partial charge in [-0.3, -0.25) is 13.9 Å². The van der Waals surface area contributed by atoms with E-state index in [1.807, 2.05) is 11.0 Å². The maximum absolute atomic E-state index is 13.4. The summed E-state index contributed by atoms with van der Waals surface area (Å²) in [6, 6.07) is 13.7. The van der Waals surface area contributed by atoms with Crippen molar-refractivity contribution in [2.24, 2.45) is 5.73 Å². The lowest BCUT2D eigenvalue weighted by Crippen LogP contribution is -2.49. The van der Waals surface area contributed by atoms with E-state index >= 15 is 0 Å². The normalized spacial score (nSPS) is 13.7. The van der Waals surface area contributed by atoms with Crippen LogP contribution in [0.2, 0.25) is 0 Å². The molecule has 1 saturated heterocycles. The number of hydrogen-bond acceptors (Lipinski definition) is 11. The first-order valence-corrected chi connectivity index (χ1v) is 17.0. The average molecular weight is 692 g/mol. The summed E-state index contributed by atoms with van der Waals surface area (Å²) in [7, 11) is -6.26. The number of sulfonamides is 2. The standard InChI is InChI=1S/C28H33N9O6S2.ClH/c1-19-14-22(16-29)34-28(32-19)36-10-12-37(13-11-36)45(42,43)23-7-5-21(6-8-23)33-27(39)24-15-20(18-31-26(38)17-30)4-9-25(24)35(2)44(3,40)41;/h4-9,14-15H,10-13,17-18,30H2,1-3H3,(H,31,38)(H,33,39);1H. The molecular formula is C28H34ClN9O6S2. The third-order valence-corrected chi connectivity index (χ3v) is 10.2. The number of anilines is 3. The quantitative estimate of drug-likeness (QED) is 0.271. The summed E-state index contributed by atoms with van der Waals surface area (Å²) in [5.74, 6) is -0.665. The van der Waals surface area contributed by atoms with Crippen LogP contribution in [0.15, 0.2) is 53.4 Å². The highest BCUT2D eigenvalue weighted by atomic mass is 35.5. The Morgan fingerprint density at radius 1 is 1.02 bits per heavy atom. The SMILES string of the molecule is Cc1cc(C#N)nc(N2CCN(S(=O)(=O)c3ccc(NC(=O)c4cc(CNC(=O)CN)ccc4N(C)S(C)(=O)=O)cc3)CC2)n1.Cl. The first-order chi connectivity index (χ1) is 21.2. The predicted molar refractivity (Wildman–Crippen MR) is 175 cm³/mol. The fourth-order valence-electron chi connectivity index (χ4n) is 4.54. The first kappa shape index (κ1) is 36.1. The molecule has 15 nitrogen and oxygen atoms in total. The lowest BCUT2D eigenvalue weighted by atomic mass is 10.1. The summed E-state index contributed by atoms with van der Waals surface area (Å²) in [4.78, 5) is 35.4. The second kappa shape index (κ2) is 14.8. The van der Waals surface area contributed by atoms with Crippen LogP contribution in [0.1, 0.15) is 27.3 Å². The Hall–Kier alpha value is -4.34. The molecule has 246 valence electrons. The molecule has 4 N–H and O–H groups in total. The van der Waals surface area contributed by atoms with Gasteiger partial charge in [-0.2, -0.15) is 9.57 Å². The second-order valence-corrected chi connectivity index (χ2v) is 14.2. The van der Waals surface area contributed by atoms with Gasteiger partial charge in [0.15, 0.2) is 0 Å². The van der Waals surface area contributed by atoms with E-state index in [9.17, 15) is 31.7 Å². The Morgan fingerprint density at radius 2 is 1.67 bits per heavy atom. The van der Waals surface area contributed by atoms with Gasteiger partial charge in [0.25, 0.3) is 5.91 Å². The van der Waals surface area contributed by atoms with Gasteiger partial charge in [0.2, 0.25) is 31.9 Å². The van der Waals surface area contributed by atoms with Crippen molar-refractivity contribution < 1.29 is 26.4 Å². The molecule has 1 aromatic heterocycles. The Balaban J connectivity index is 0.00000576. The number of nitrogens with one attached hydrogen (secondary N) is 2. The van der Waals surface area contributed by atoms with Gasteiger partial charge in [-0.05, 0) is 55.0 Å². The molecule has 0 bridgehead atoms. The van der Waals surface area contributed by atoms with Gasteiger partial charge in [0, 0.05) is 51.2 Å². The maximum Gasteiger partial charge on any atom is 0.257 e. The number of aromatic nitrogens is 2. The van der Waals surface area contributed by atoms with Gasteiger partial charge in [0.1, 0.15) is 11.8 Å². The van der Waals surface area contributed by atoms with Gasteiger partial charge in [-0.1, -0.05) is 6.07 Å². The highest BCUT2D eigenvalue weighted by molar-refractivity contribution is 7.92. The number of nitrogens with zero attached hydrogens (tertiary/aromatic N) is 6. The van der Waals surface area contributed by atoms with Crippen LogP contribution in [0, 0.1) is 18.3 Å². The van der Waals surface area contributed by atoms with Crippen LogP contribution < -0.4 is 25.6 Å². The highest BCUT2D eigenvalue weighted by Gasteiger charge is 2.30. The summed E-state index contributed by atoms with van der Waals surface area (Å²) in [6.45, 7) is 2.64. The van der Waals surface area contributed by atoms with E-state index in [-0.39, 0.29) is 66.1 Å². The lowest BCUT2D eigenvalue weighted by molar-refractivity contribution is -0.119. The average Bonchev–Trinajstić information content (AvgIpc) is 3.02.